The van der Waals surface area contributed by atoms with Gasteiger partial charge in [0.15, 0.2) is 5.78 Å². The van der Waals surface area contributed by atoms with Crippen LogP contribution in [0.1, 0.15) is 47.4 Å². The van der Waals surface area contributed by atoms with Crippen LogP contribution in [0.5, 0.6) is 5.75 Å². The number of primary amides is 1. The summed E-state index contributed by atoms with van der Waals surface area (Å²) in [5, 5.41) is 3.14. The number of hydrogen-bond acceptors (Lipinski definition) is 7. The molecule has 0 fully saturated rings. The summed E-state index contributed by atoms with van der Waals surface area (Å²) in [6.07, 6.45) is 0.954. The molecule has 0 spiro atoms. The summed E-state index contributed by atoms with van der Waals surface area (Å²) in [5.74, 6) is -0.239. The average molecular weight is 428 g/mol. The fourth-order valence-corrected chi connectivity index (χ4v) is 2.77. The lowest BCUT2D eigenvalue weighted by molar-refractivity contribution is -0.143. The van der Waals surface area contributed by atoms with Gasteiger partial charge in [-0.3, -0.25) is 14.4 Å². The molecular formula is C23H28N2O6. The molecule has 0 aliphatic rings. The zero-order chi connectivity index (χ0) is 22.6. The monoisotopic (exact) mass is 428 g/mol. The van der Waals surface area contributed by atoms with E-state index < -0.39 is 5.91 Å². The largest absolute Gasteiger partial charge is 0.491 e. The van der Waals surface area contributed by atoms with Crippen LogP contribution in [-0.4, -0.2) is 44.1 Å². The summed E-state index contributed by atoms with van der Waals surface area (Å²) in [7, 11) is 0. The minimum Gasteiger partial charge on any atom is -0.491 e. The minimum absolute atomic E-state index is 0.124. The van der Waals surface area contributed by atoms with E-state index in [4.69, 9.17) is 19.9 Å². The number of ether oxygens (including phenoxy) is 3. The predicted molar refractivity (Wildman–Crippen MR) is 117 cm³/mol. The molecule has 0 saturated carbocycles. The number of hydrogen-bond donors (Lipinski definition) is 2. The second-order valence-electron chi connectivity index (χ2n) is 6.70. The third-order valence-corrected chi connectivity index (χ3v) is 4.29. The smallest absolute Gasteiger partial charge is 0.305 e. The van der Waals surface area contributed by atoms with Crippen LogP contribution in [0.15, 0.2) is 42.5 Å². The van der Waals surface area contributed by atoms with E-state index >= 15 is 0 Å². The number of esters is 1. The SMILES string of the molecule is CCOC(=O)CCCOCCOc1ccc(Nc2cc(C(N)=O)ccc2C(C)=O)cc1. The molecule has 0 aliphatic carbocycles. The van der Waals surface area contributed by atoms with E-state index in [0.29, 0.717) is 61.8 Å². The number of nitrogens with two attached hydrogens (primary N) is 1. The number of amides is 1. The molecule has 2 aromatic carbocycles. The van der Waals surface area contributed by atoms with E-state index in [2.05, 4.69) is 5.32 Å². The van der Waals surface area contributed by atoms with Gasteiger partial charge in [0.25, 0.3) is 0 Å². The maximum Gasteiger partial charge on any atom is 0.305 e. The predicted octanol–water partition coefficient (Wildman–Crippen LogP) is 3.47. The molecule has 0 saturated heterocycles. The van der Waals surface area contributed by atoms with E-state index in [1.165, 1.54) is 13.0 Å². The molecule has 0 atom stereocenters. The molecule has 8 heteroatoms. The Balaban J connectivity index is 1.81. The van der Waals surface area contributed by atoms with Gasteiger partial charge in [-0.1, -0.05) is 0 Å². The van der Waals surface area contributed by atoms with Gasteiger partial charge in [0.1, 0.15) is 12.4 Å². The zero-order valence-electron chi connectivity index (χ0n) is 17.8. The van der Waals surface area contributed by atoms with Crippen molar-refractivity contribution < 1.29 is 28.6 Å². The van der Waals surface area contributed by atoms with Gasteiger partial charge in [0, 0.05) is 29.8 Å². The summed E-state index contributed by atoms with van der Waals surface area (Å²) >= 11 is 0. The highest BCUT2D eigenvalue weighted by Crippen LogP contribution is 2.24. The van der Waals surface area contributed by atoms with Crippen LogP contribution in [0, 0.1) is 0 Å². The van der Waals surface area contributed by atoms with E-state index in [9.17, 15) is 14.4 Å². The number of nitrogens with one attached hydrogen (secondary N) is 1. The molecule has 0 radical (unpaired) electrons. The molecule has 2 aromatic rings. The van der Waals surface area contributed by atoms with Gasteiger partial charge in [-0.15, -0.1) is 0 Å². The van der Waals surface area contributed by atoms with E-state index in [1.807, 2.05) is 0 Å². The average Bonchev–Trinajstić information content (AvgIpc) is 2.74. The highest BCUT2D eigenvalue weighted by Gasteiger charge is 2.11. The first kappa shape index (κ1) is 23.9. The fourth-order valence-electron chi connectivity index (χ4n) is 2.77. The number of anilines is 2. The number of Topliss-reactive ketones (excluding diaryl/α,β-unsaturated/α-hetero) is 1. The van der Waals surface area contributed by atoms with Crippen LogP contribution >= 0.6 is 0 Å². The lowest BCUT2D eigenvalue weighted by atomic mass is 10.1. The van der Waals surface area contributed by atoms with Crippen molar-refractivity contribution in [1.82, 2.24) is 0 Å². The van der Waals surface area contributed by atoms with Crippen molar-refractivity contribution in [3.05, 3.63) is 53.6 Å². The number of carbonyl (C=O) groups is 3. The number of ketones is 1. The lowest BCUT2D eigenvalue weighted by Gasteiger charge is -2.12. The molecule has 0 aliphatic heterocycles. The van der Waals surface area contributed by atoms with Crippen molar-refractivity contribution in [2.45, 2.75) is 26.7 Å². The highest BCUT2D eigenvalue weighted by molar-refractivity contribution is 6.03. The van der Waals surface area contributed by atoms with Crippen LogP contribution in [0.2, 0.25) is 0 Å². The lowest BCUT2D eigenvalue weighted by Crippen LogP contribution is -2.12. The second-order valence-corrected chi connectivity index (χ2v) is 6.70. The van der Waals surface area contributed by atoms with Crippen LogP contribution in [0.3, 0.4) is 0 Å². The molecule has 0 heterocycles. The van der Waals surface area contributed by atoms with Crippen molar-refractivity contribution in [2.24, 2.45) is 5.73 Å². The molecule has 0 aromatic heterocycles. The summed E-state index contributed by atoms with van der Waals surface area (Å²) < 4.78 is 15.9. The third kappa shape index (κ3) is 8.10. The van der Waals surface area contributed by atoms with E-state index in [0.717, 1.165) is 5.69 Å². The van der Waals surface area contributed by atoms with Gasteiger partial charge in [-0.25, -0.2) is 0 Å². The van der Waals surface area contributed by atoms with Crippen molar-refractivity contribution in [3.63, 3.8) is 0 Å². The molecule has 31 heavy (non-hydrogen) atoms. The third-order valence-electron chi connectivity index (χ3n) is 4.29. The van der Waals surface area contributed by atoms with Crippen molar-refractivity contribution in [3.8, 4) is 5.75 Å². The number of benzene rings is 2. The summed E-state index contributed by atoms with van der Waals surface area (Å²) in [6.45, 7) is 4.87. The number of rotatable bonds is 13. The molecular weight excluding hydrogens is 400 g/mol. The second kappa shape index (κ2) is 12.3. The Kier molecular flexibility index (Phi) is 9.51. The normalized spacial score (nSPS) is 10.4. The fraction of sp³-hybridized carbons (Fsp3) is 0.348. The zero-order valence-corrected chi connectivity index (χ0v) is 17.8. The molecule has 8 nitrogen and oxygen atoms in total. The molecule has 0 bridgehead atoms. The Morgan fingerprint density at radius 3 is 2.39 bits per heavy atom. The topological polar surface area (TPSA) is 117 Å². The number of carbonyl (C=O) groups excluding carboxylic acids is 3. The summed E-state index contributed by atoms with van der Waals surface area (Å²) in [5.41, 5.74) is 7.35. The Morgan fingerprint density at radius 1 is 1.00 bits per heavy atom. The van der Waals surface area contributed by atoms with Crippen LogP contribution < -0.4 is 15.8 Å². The van der Waals surface area contributed by atoms with Gasteiger partial charge in [0.05, 0.1) is 18.9 Å². The van der Waals surface area contributed by atoms with Gasteiger partial charge in [-0.05, 0) is 62.7 Å². The minimum atomic E-state index is -0.565. The van der Waals surface area contributed by atoms with E-state index in [1.54, 1.807) is 43.3 Å². The van der Waals surface area contributed by atoms with Gasteiger partial charge in [0.2, 0.25) is 5.91 Å². The first-order chi connectivity index (χ1) is 14.9. The van der Waals surface area contributed by atoms with Crippen molar-refractivity contribution in [1.29, 1.82) is 0 Å². The Bertz CT molecular complexity index is 895. The first-order valence-electron chi connectivity index (χ1n) is 10.1. The molecule has 3 N–H and O–H groups in total. The highest BCUT2D eigenvalue weighted by atomic mass is 16.5. The maximum absolute atomic E-state index is 11.9. The molecule has 166 valence electrons. The Morgan fingerprint density at radius 2 is 1.74 bits per heavy atom. The van der Waals surface area contributed by atoms with Crippen molar-refractivity contribution in [2.75, 3.05) is 31.7 Å². The van der Waals surface area contributed by atoms with Gasteiger partial charge >= 0.3 is 5.97 Å². The first-order valence-corrected chi connectivity index (χ1v) is 10.1. The molecule has 0 unspecified atom stereocenters. The van der Waals surface area contributed by atoms with E-state index in [-0.39, 0.29) is 11.8 Å². The van der Waals surface area contributed by atoms with Crippen LogP contribution in [0.25, 0.3) is 0 Å². The molecule has 1 amide bonds. The summed E-state index contributed by atoms with van der Waals surface area (Å²) in [4.78, 5) is 34.5. The van der Waals surface area contributed by atoms with Gasteiger partial charge in [-0.2, -0.15) is 0 Å². The van der Waals surface area contributed by atoms with Crippen LogP contribution in [0.4, 0.5) is 11.4 Å². The molecule has 2 rings (SSSR count). The standard InChI is InChI=1S/C23H28N2O6/c1-3-30-22(27)5-4-12-29-13-14-31-19-9-7-18(8-10-19)25-21-15-17(23(24)28)6-11-20(21)16(2)26/h6-11,15,25H,3-5,12-14H2,1-2H3,(H2,24,28). The van der Waals surface area contributed by atoms with Crippen molar-refractivity contribution >= 4 is 29.0 Å². The van der Waals surface area contributed by atoms with Gasteiger partial charge < -0.3 is 25.3 Å². The Labute approximate surface area is 181 Å². The Hall–Kier alpha value is -3.39. The van der Waals surface area contributed by atoms with Crippen LogP contribution in [-0.2, 0) is 14.3 Å². The summed E-state index contributed by atoms with van der Waals surface area (Å²) in [6, 6.07) is 11.8. The maximum atomic E-state index is 11.9. The quantitative estimate of drug-likeness (QED) is 0.285.